The van der Waals surface area contributed by atoms with Crippen LogP contribution < -0.4 is 5.73 Å². The number of esters is 1. The van der Waals surface area contributed by atoms with Crippen molar-refractivity contribution in [2.75, 3.05) is 20.2 Å². The van der Waals surface area contributed by atoms with E-state index in [0.717, 1.165) is 6.42 Å². The summed E-state index contributed by atoms with van der Waals surface area (Å²) in [6, 6.07) is -0.698. The molecule has 3 atom stereocenters. The van der Waals surface area contributed by atoms with E-state index < -0.39 is 23.7 Å². The number of nitrogens with two attached hydrogens (primary N) is 1. The fourth-order valence-electron chi connectivity index (χ4n) is 4.17. The fraction of sp³-hybridized carbons (Fsp3) is 0.905. The maximum absolute atomic E-state index is 12.7. The summed E-state index contributed by atoms with van der Waals surface area (Å²) in [5, 5.41) is 0. The van der Waals surface area contributed by atoms with Crippen molar-refractivity contribution in [2.24, 2.45) is 17.6 Å². The van der Waals surface area contributed by atoms with Crippen LogP contribution in [0.1, 0.15) is 61.3 Å². The van der Waals surface area contributed by atoms with Gasteiger partial charge in [-0.2, -0.15) is 0 Å². The van der Waals surface area contributed by atoms with Gasteiger partial charge in [-0.25, -0.2) is 9.59 Å². The SMILES string of the molecule is COC(=O)[C@@H]1C(CCCB2OC(C)(C)C(C)(C)O2)C(CN)CN1C(=O)OC(C)(C)C. The molecule has 0 aromatic rings. The molecule has 30 heavy (non-hydrogen) atoms. The molecule has 2 unspecified atom stereocenters. The number of carbonyl (C=O) groups excluding carboxylic acids is 2. The van der Waals surface area contributed by atoms with Gasteiger partial charge in [0.2, 0.25) is 0 Å². The fourth-order valence-corrected chi connectivity index (χ4v) is 4.17. The average Bonchev–Trinajstić information content (AvgIpc) is 3.06. The van der Waals surface area contributed by atoms with Gasteiger partial charge in [-0.3, -0.25) is 4.90 Å². The first-order valence-corrected chi connectivity index (χ1v) is 10.9. The van der Waals surface area contributed by atoms with Crippen LogP contribution in [0.3, 0.4) is 0 Å². The summed E-state index contributed by atoms with van der Waals surface area (Å²) in [6.45, 7) is 14.3. The zero-order valence-electron chi connectivity index (χ0n) is 19.8. The highest BCUT2D eigenvalue weighted by Crippen LogP contribution is 2.39. The van der Waals surface area contributed by atoms with Crippen molar-refractivity contribution < 1.29 is 28.4 Å². The number of methoxy groups -OCH3 is 1. The Balaban J connectivity index is 2.07. The van der Waals surface area contributed by atoms with Gasteiger partial charge in [-0.1, -0.05) is 6.42 Å². The summed E-state index contributed by atoms with van der Waals surface area (Å²) >= 11 is 0. The van der Waals surface area contributed by atoms with Crippen molar-refractivity contribution >= 4 is 19.2 Å². The second kappa shape index (κ2) is 9.05. The molecule has 2 heterocycles. The van der Waals surface area contributed by atoms with Gasteiger partial charge in [0.05, 0.1) is 18.3 Å². The van der Waals surface area contributed by atoms with E-state index in [1.165, 1.54) is 12.0 Å². The van der Waals surface area contributed by atoms with Crippen molar-refractivity contribution in [2.45, 2.75) is 90.5 Å². The molecule has 0 spiro atoms. The molecule has 2 aliphatic heterocycles. The molecule has 0 aromatic heterocycles. The molecular weight excluding hydrogens is 387 g/mol. The van der Waals surface area contributed by atoms with Crippen molar-refractivity contribution in [1.82, 2.24) is 4.90 Å². The van der Waals surface area contributed by atoms with E-state index >= 15 is 0 Å². The molecule has 2 N–H and O–H groups in total. The summed E-state index contributed by atoms with van der Waals surface area (Å²) in [4.78, 5) is 26.8. The van der Waals surface area contributed by atoms with Crippen molar-refractivity contribution in [3.63, 3.8) is 0 Å². The predicted molar refractivity (Wildman–Crippen MR) is 115 cm³/mol. The number of hydrogen-bond acceptors (Lipinski definition) is 7. The molecule has 0 aliphatic carbocycles. The normalized spacial score (nSPS) is 28.0. The molecule has 2 rings (SSSR count). The molecule has 8 nitrogen and oxygen atoms in total. The van der Waals surface area contributed by atoms with Crippen molar-refractivity contribution in [3.05, 3.63) is 0 Å². The third-order valence-corrected chi connectivity index (χ3v) is 6.43. The molecule has 1 amide bonds. The maximum atomic E-state index is 12.7. The molecule has 0 saturated carbocycles. The van der Waals surface area contributed by atoms with E-state index in [0.29, 0.717) is 25.8 Å². The summed E-state index contributed by atoms with van der Waals surface area (Å²) < 4.78 is 22.7. The Morgan fingerprint density at radius 3 is 2.20 bits per heavy atom. The Labute approximate surface area is 181 Å². The summed E-state index contributed by atoms with van der Waals surface area (Å²) in [5.74, 6) is -0.533. The number of amides is 1. The van der Waals surface area contributed by atoms with Crippen LogP contribution in [0.15, 0.2) is 0 Å². The van der Waals surface area contributed by atoms with Gasteiger partial charge < -0.3 is 24.5 Å². The minimum atomic E-state index is -0.698. The lowest BCUT2D eigenvalue weighted by Crippen LogP contribution is -2.46. The molecule has 172 valence electrons. The molecule has 2 aliphatic rings. The largest absolute Gasteiger partial charge is 0.467 e. The van der Waals surface area contributed by atoms with Crippen LogP contribution in [0.25, 0.3) is 0 Å². The second-order valence-corrected chi connectivity index (χ2v) is 10.4. The Hall–Kier alpha value is -1.32. The first-order chi connectivity index (χ1) is 13.7. The van der Waals surface area contributed by atoms with Crippen LogP contribution in [0, 0.1) is 11.8 Å². The highest BCUT2D eigenvalue weighted by molar-refractivity contribution is 6.45. The Kier molecular flexibility index (Phi) is 7.52. The van der Waals surface area contributed by atoms with Crippen LogP contribution in [0.4, 0.5) is 4.79 Å². The number of rotatable bonds is 6. The second-order valence-electron chi connectivity index (χ2n) is 10.4. The summed E-state index contributed by atoms with van der Waals surface area (Å²) in [5.41, 5.74) is 4.62. The number of ether oxygens (including phenoxy) is 2. The van der Waals surface area contributed by atoms with E-state index in [4.69, 9.17) is 24.5 Å². The zero-order valence-corrected chi connectivity index (χ0v) is 19.8. The van der Waals surface area contributed by atoms with Crippen LogP contribution >= 0.6 is 0 Å². The van der Waals surface area contributed by atoms with Gasteiger partial charge in [0.25, 0.3) is 0 Å². The number of likely N-dealkylation sites (tertiary alicyclic amines) is 1. The lowest BCUT2D eigenvalue weighted by atomic mass is 9.78. The molecule has 2 saturated heterocycles. The highest BCUT2D eigenvalue weighted by atomic mass is 16.7. The quantitative estimate of drug-likeness (QED) is 0.515. The van der Waals surface area contributed by atoms with Gasteiger partial charge in [-0.15, -0.1) is 0 Å². The first kappa shape index (κ1) is 24.9. The minimum Gasteiger partial charge on any atom is -0.467 e. The summed E-state index contributed by atoms with van der Waals surface area (Å²) in [7, 11) is 1.05. The van der Waals surface area contributed by atoms with E-state index in [2.05, 4.69) is 0 Å². The van der Waals surface area contributed by atoms with E-state index in [1.807, 2.05) is 27.7 Å². The van der Waals surface area contributed by atoms with Crippen molar-refractivity contribution in [3.8, 4) is 0 Å². The monoisotopic (exact) mass is 426 g/mol. The molecule has 0 radical (unpaired) electrons. The standard InChI is InChI=1S/C21H39BN2O6/c1-19(2,3)28-18(26)24-13-14(12-23)15(16(24)17(25)27-8)10-9-11-22-29-20(4,5)21(6,7)30-22/h14-16H,9-13,23H2,1-8H3/t14?,15?,16-/m0/s1. The molecule has 0 aromatic carbocycles. The number of nitrogens with zero attached hydrogens (tertiary/aromatic N) is 1. The highest BCUT2D eigenvalue weighted by Gasteiger charge is 2.52. The molecule has 2 fully saturated rings. The zero-order chi connectivity index (χ0) is 22.9. The third kappa shape index (κ3) is 5.48. The van der Waals surface area contributed by atoms with Gasteiger partial charge in [0, 0.05) is 6.54 Å². The van der Waals surface area contributed by atoms with Crippen LogP contribution in [-0.4, -0.2) is 67.1 Å². The lowest BCUT2D eigenvalue weighted by Gasteiger charge is -2.32. The van der Waals surface area contributed by atoms with E-state index in [1.54, 1.807) is 20.8 Å². The lowest BCUT2D eigenvalue weighted by molar-refractivity contribution is -0.147. The predicted octanol–water partition coefficient (Wildman–Crippen LogP) is 2.84. The van der Waals surface area contributed by atoms with Crippen LogP contribution in [0.5, 0.6) is 0 Å². The Morgan fingerprint density at radius 1 is 1.17 bits per heavy atom. The van der Waals surface area contributed by atoms with Crippen LogP contribution in [0.2, 0.25) is 6.32 Å². The topological polar surface area (TPSA) is 100 Å². The average molecular weight is 426 g/mol. The maximum Gasteiger partial charge on any atom is 0.457 e. The van der Waals surface area contributed by atoms with Gasteiger partial charge in [0.15, 0.2) is 0 Å². The number of carbonyl (C=O) groups is 2. The smallest absolute Gasteiger partial charge is 0.457 e. The third-order valence-electron chi connectivity index (χ3n) is 6.43. The van der Waals surface area contributed by atoms with Gasteiger partial charge in [0.1, 0.15) is 11.6 Å². The Bertz CT molecular complexity index is 617. The minimum absolute atomic E-state index is 0.0000786. The molecule has 0 bridgehead atoms. The van der Waals surface area contributed by atoms with Gasteiger partial charge in [-0.05, 0) is 79.6 Å². The molecule has 9 heteroatoms. The van der Waals surface area contributed by atoms with E-state index in [-0.39, 0.29) is 30.2 Å². The molecular formula is C21H39BN2O6. The van der Waals surface area contributed by atoms with Gasteiger partial charge >= 0.3 is 19.2 Å². The Morgan fingerprint density at radius 2 is 1.73 bits per heavy atom. The summed E-state index contributed by atoms with van der Waals surface area (Å²) in [6.07, 6.45) is 1.70. The van der Waals surface area contributed by atoms with Crippen molar-refractivity contribution in [1.29, 1.82) is 0 Å². The first-order valence-electron chi connectivity index (χ1n) is 10.9. The number of hydrogen-bond donors (Lipinski definition) is 1. The van der Waals surface area contributed by atoms with Crippen LogP contribution in [-0.2, 0) is 23.6 Å². The van der Waals surface area contributed by atoms with E-state index in [9.17, 15) is 9.59 Å².